The van der Waals surface area contributed by atoms with Gasteiger partial charge >= 0.3 is 0 Å². The lowest BCUT2D eigenvalue weighted by Crippen LogP contribution is -2.46. The minimum Gasteiger partial charge on any atom is -0.378 e. The first kappa shape index (κ1) is 20.8. The van der Waals surface area contributed by atoms with Gasteiger partial charge in [0.25, 0.3) is 0 Å². The van der Waals surface area contributed by atoms with Gasteiger partial charge in [-0.1, -0.05) is 6.07 Å². The minimum absolute atomic E-state index is 0.123. The molecule has 0 bridgehead atoms. The van der Waals surface area contributed by atoms with E-state index in [0.29, 0.717) is 30.6 Å². The molecule has 5 rings (SSSR count). The minimum atomic E-state index is 0.123. The van der Waals surface area contributed by atoms with Gasteiger partial charge in [-0.25, -0.2) is 9.97 Å². The lowest BCUT2D eigenvalue weighted by molar-refractivity contribution is -0.00570. The van der Waals surface area contributed by atoms with Gasteiger partial charge in [0.05, 0.1) is 30.8 Å². The Morgan fingerprint density at radius 1 is 0.875 bits per heavy atom. The Balaban J connectivity index is 1.55. The van der Waals surface area contributed by atoms with Gasteiger partial charge in [0.2, 0.25) is 5.95 Å². The molecule has 32 heavy (non-hydrogen) atoms. The number of hydrogen-bond donors (Lipinski definition) is 1. The quantitative estimate of drug-likeness (QED) is 0.664. The summed E-state index contributed by atoms with van der Waals surface area (Å²) >= 11 is 0. The molecule has 0 aromatic carbocycles. The van der Waals surface area contributed by atoms with Crippen molar-refractivity contribution in [2.24, 2.45) is 0 Å². The molecule has 0 radical (unpaired) electrons. The Morgan fingerprint density at radius 2 is 1.62 bits per heavy atom. The predicted molar refractivity (Wildman–Crippen MR) is 125 cm³/mol. The summed E-state index contributed by atoms with van der Waals surface area (Å²) in [5.41, 5.74) is 1.62. The van der Waals surface area contributed by atoms with Crippen LogP contribution < -0.4 is 15.1 Å². The van der Waals surface area contributed by atoms with Crippen LogP contribution in [0, 0.1) is 6.92 Å². The van der Waals surface area contributed by atoms with E-state index in [9.17, 15) is 0 Å². The van der Waals surface area contributed by atoms with Crippen LogP contribution >= 0.6 is 0 Å². The first-order valence-corrected chi connectivity index (χ1v) is 11.2. The van der Waals surface area contributed by atoms with Crippen molar-refractivity contribution < 1.29 is 9.47 Å². The van der Waals surface area contributed by atoms with Crippen LogP contribution in [0.5, 0.6) is 0 Å². The summed E-state index contributed by atoms with van der Waals surface area (Å²) in [6.45, 7) is 10.6. The van der Waals surface area contributed by atoms with Crippen LogP contribution in [0.3, 0.4) is 0 Å². The SMILES string of the molecule is Cc1cccc(Nc2ccc3c(N4CCOCC4)nc(N4CC(C)OC(C)C4)nc3n2)n1. The zero-order chi connectivity index (χ0) is 22.1. The van der Waals surface area contributed by atoms with Crippen LogP contribution in [0.1, 0.15) is 19.5 Å². The number of aromatic nitrogens is 4. The standard InChI is InChI=1S/C23H29N7O2/c1-15-5-4-6-19(24-15)25-20-8-7-18-21(26-20)27-23(30-13-16(2)32-17(3)14-30)28-22(18)29-9-11-31-12-10-29/h4-8,16-17H,9-14H2,1-3H3,(H,24,25,26,27,28). The van der Waals surface area contributed by atoms with Crippen molar-refractivity contribution in [1.82, 2.24) is 19.9 Å². The van der Waals surface area contributed by atoms with E-state index in [0.717, 1.165) is 48.9 Å². The molecule has 5 heterocycles. The number of rotatable bonds is 4. The van der Waals surface area contributed by atoms with Crippen LogP contribution in [0.4, 0.5) is 23.4 Å². The van der Waals surface area contributed by atoms with E-state index in [1.54, 1.807) is 0 Å². The first-order valence-electron chi connectivity index (χ1n) is 11.2. The second-order valence-electron chi connectivity index (χ2n) is 8.47. The summed E-state index contributed by atoms with van der Waals surface area (Å²) in [5, 5.41) is 4.24. The van der Waals surface area contributed by atoms with E-state index < -0.39 is 0 Å². The predicted octanol–water partition coefficient (Wildman–Crippen LogP) is 2.92. The zero-order valence-electron chi connectivity index (χ0n) is 18.8. The van der Waals surface area contributed by atoms with E-state index in [4.69, 9.17) is 24.4 Å². The Labute approximate surface area is 187 Å². The van der Waals surface area contributed by atoms with Crippen molar-refractivity contribution in [2.45, 2.75) is 33.0 Å². The number of pyridine rings is 2. The summed E-state index contributed by atoms with van der Waals surface area (Å²) in [4.78, 5) is 23.7. The molecule has 3 aromatic heterocycles. The maximum absolute atomic E-state index is 5.91. The Morgan fingerprint density at radius 3 is 2.38 bits per heavy atom. The van der Waals surface area contributed by atoms with Gasteiger partial charge in [0.1, 0.15) is 17.5 Å². The van der Waals surface area contributed by atoms with E-state index in [1.807, 2.05) is 37.3 Å². The number of aryl methyl sites for hydroxylation is 1. The Bertz CT molecular complexity index is 1090. The molecule has 9 nitrogen and oxygen atoms in total. The van der Waals surface area contributed by atoms with Crippen LogP contribution in [0.25, 0.3) is 11.0 Å². The highest BCUT2D eigenvalue weighted by Crippen LogP contribution is 2.29. The number of nitrogens with one attached hydrogen (secondary N) is 1. The second kappa shape index (κ2) is 8.84. The molecule has 2 fully saturated rings. The molecule has 2 aliphatic heterocycles. The number of ether oxygens (including phenoxy) is 2. The van der Waals surface area contributed by atoms with Gasteiger partial charge in [0.15, 0.2) is 5.65 Å². The average Bonchev–Trinajstić information content (AvgIpc) is 2.78. The molecule has 168 valence electrons. The Kier molecular flexibility index (Phi) is 5.75. The summed E-state index contributed by atoms with van der Waals surface area (Å²) in [6, 6.07) is 9.87. The van der Waals surface area contributed by atoms with Crippen LogP contribution in [0.15, 0.2) is 30.3 Å². The molecule has 2 saturated heterocycles. The molecule has 0 amide bonds. The second-order valence-corrected chi connectivity index (χ2v) is 8.47. The molecule has 0 aliphatic carbocycles. The fraction of sp³-hybridized carbons (Fsp3) is 0.478. The maximum Gasteiger partial charge on any atom is 0.229 e. The molecular formula is C23H29N7O2. The molecule has 9 heteroatoms. The fourth-order valence-corrected chi connectivity index (χ4v) is 4.30. The van der Waals surface area contributed by atoms with Gasteiger partial charge in [-0.2, -0.15) is 9.97 Å². The Hall–Kier alpha value is -3.04. The van der Waals surface area contributed by atoms with Crippen molar-refractivity contribution in [3.8, 4) is 0 Å². The summed E-state index contributed by atoms with van der Waals surface area (Å²) < 4.78 is 11.5. The summed E-state index contributed by atoms with van der Waals surface area (Å²) in [6.07, 6.45) is 0.247. The van der Waals surface area contributed by atoms with Gasteiger partial charge in [-0.05, 0) is 45.0 Å². The van der Waals surface area contributed by atoms with Crippen LogP contribution in [-0.4, -0.2) is 71.5 Å². The normalized spacial score (nSPS) is 21.7. The summed E-state index contributed by atoms with van der Waals surface area (Å²) in [7, 11) is 0. The molecule has 3 aromatic rings. The van der Waals surface area contributed by atoms with Crippen molar-refractivity contribution in [2.75, 3.05) is 54.5 Å². The molecule has 0 saturated carbocycles. The molecule has 1 N–H and O–H groups in total. The number of nitrogens with zero attached hydrogens (tertiary/aromatic N) is 6. The topological polar surface area (TPSA) is 88.5 Å². The number of fused-ring (bicyclic) bond motifs is 1. The lowest BCUT2D eigenvalue weighted by Gasteiger charge is -2.36. The van der Waals surface area contributed by atoms with Crippen molar-refractivity contribution in [1.29, 1.82) is 0 Å². The average molecular weight is 436 g/mol. The fourth-order valence-electron chi connectivity index (χ4n) is 4.30. The third-order valence-electron chi connectivity index (χ3n) is 5.69. The zero-order valence-corrected chi connectivity index (χ0v) is 18.8. The monoisotopic (exact) mass is 435 g/mol. The van der Waals surface area contributed by atoms with Crippen molar-refractivity contribution in [3.05, 3.63) is 36.0 Å². The van der Waals surface area contributed by atoms with Crippen molar-refractivity contribution in [3.63, 3.8) is 0 Å². The smallest absolute Gasteiger partial charge is 0.229 e. The molecule has 2 atom stereocenters. The lowest BCUT2D eigenvalue weighted by atomic mass is 10.2. The van der Waals surface area contributed by atoms with Crippen LogP contribution in [-0.2, 0) is 9.47 Å². The maximum atomic E-state index is 5.91. The van der Waals surface area contributed by atoms with E-state index >= 15 is 0 Å². The van der Waals surface area contributed by atoms with Gasteiger partial charge in [0, 0.05) is 31.9 Å². The molecule has 2 aliphatic rings. The summed E-state index contributed by atoms with van der Waals surface area (Å²) in [5.74, 6) is 3.07. The van der Waals surface area contributed by atoms with Crippen molar-refractivity contribution >= 4 is 34.4 Å². The molecular weight excluding hydrogens is 406 g/mol. The van der Waals surface area contributed by atoms with Crippen LogP contribution in [0.2, 0.25) is 0 Å². The van der Waals surface area contributed by atoms with E-state index in [2.05, 4.69) is 33.9 Å². The van der Waals surface area contributed by atoms with Gasteiger partial charge < -0.3 is 24.6 Å². The number of anilines is 4. The molecule has 2 unspecified atom stereocenters. The van der Waals surface area contributed by atoms with Gasteiger partial charge in [-0.3, -0.25) is 0 Å². The third kappa shape index (κ3) is 4.44. The number of hydrogen-bond acceptors (Lipinski definition) is 9. The molecule has 0 spiro atoms. The third-order valence-corrected chi connectivity index (χ3v) is 5.69. The highest BCUT2D eigenvalue weighted by molar-refractivity contribution is 5.89. The first-order chi connectivity index (χ1) is 15.5. The highest BCUT2D eigenvalue weighted by atomic mass is 16.5. The van der Waals surface area contributed by atoms with Gasteiger partial charge in [-0.15, -0.1) is 0 Å². The van der Waals surface area contributed by atoms with E-state index in [-0.39, 0.29) is 12.2 Å². The highest BCUT2D eigenvalue weighted by Gasteiger charge is 2.26. The number of morpholine rings is 2. The largest absolute Gasteiger partial charge is 0.378 e. The van der Waals surface area contributed by atoms with E-state index in [1.165, 1.54) is 0 Å².